The minimum Gasteiger partial charge on any atom is -0.481 e. The Morgan fingerprint density at radius 3 is 1.52 bits per heavy atom. The molecule has 0 bridgehead atoms. The van der Waals surface area contributed by atoms with Gasteiger partial charge in [-0.25, -0.2) is 19.6 Å². The van der Waals surface area contributed by atoms with Crippen LogP contribution in [0.1, 0.15) is 101 Å². The Labute approximate surface area is 386 Å². The predicted molar refractivity (Wildman–Crippen MR) is 250 cm³/mol. The van der Waals surface area contributed by atoms with E-state index < -0.39 is 29.7 Å². The number of carbonyl (C=O) groups excluding carboxylic acids is 4. The summed E-state index contributed by atoms with van der Waals surface area (Å²) in [5, 5.41) is 24.8. The fraction of sp³-hybridized carbons (Fsp3) is 0.383. The van der Waals surface area contributed by atoms with Gasteiger partial charge in [0.1, 0.15) is 35.5 Å². The van der Waals surface area contributed by atoms with Gasteiger partial charge in [0.05, 0.1) is 51.6 Å². The minimum absolute atomic E-state index is 0. The van der Waals surface area contributed by atoms with Gasteiger partial charge in [-0.2, -0.15) is 15.6 Å². The van der Waals surface area contributed by atoms with Crippen LogP contribution in [-0.2, 0) is 19.1 Å². The fourth-order valence-electron chi connectivity index (χ4n) is 5.70. The average Bonchev–Trinajstić information content (AvgIpc) is 3.24. The van der Waals surface area contributed by atoms with Gasteiger partial charge in [-0.1, -0.05) is 35.1 Å². The molecule has 0 aliphatic heterocycles. The number of carbonyl (C=O) groups is 4. The molecule has 0 spiro atoms. The summed E-state index contributed by atoms with van der Waals surface area (Å²) in [4.78, 5) is 52.9. The van der Waals surface area contributed by atoms with Crippen LogP contribution in [0.4, 0.5) is 21.0 Å². The number of hydrogen-bond donors (Lipinski definition) is 4. The van der Waals surface area contributed by atoms with Gasteiger partial charge in [0, 0.05) is 16.8 Å². The van der Waals surface area contributed by atoms with E-state index >= 15 is 0 Å². The number of hydrogen-bond acceptors (Lipinski definition) is 17. The molecular weight excluding hydrogens is 851 g/mol. The Kier molecular flexibility index (Phi) is 23.8. The molecule has 66 heavy (non-hydrogen) atoms. The van der Waals surface area contributed by atoms with Crippen molar-refractivity contribution in [3.63, 3.8) is 0 Å². The molecule has 0 radical (unpaired) electrons. The molecule has 0 aliphatic rings. The molecule has 354 valence electrons. The predicted octanol–water partition coefficient (Wildman–Crippen LogP) is 9.20. The number of aromatic nitrogens is 2. The lowest BCUT2D eigenvalue weighted by molar-refractivity contribution is -0.119. The summed E-state index contributed by atoms with van der Waals surface area (Å²) in [6, 6.07) is 14.4. The highest BCUT2D eigenvalue weighted by Gasteiger charge is 2.17. The van der Waals surface area contributed by atoms with Crippen LogP contribution in [-0.4, -0.2) is 67.1 Å². The van der Waals surface area contributed by atoms with E-state index in [-0.39, 0.29) is 33.0 Å². The third kappa shape index (κ3) is 17.7. The smallest absolute Gasteiger partial charge is 0.414 e. The fourth-order valence-corrected chi connectivity index (χ4v) is 5.70. The molecule has 19 nitrogen and oxygen atoms in total. The Hall–Kier alpha value is -7.93. The number of aryl methyl sites for hydroxylation is 4. The zero-order valence-electron chi connectivity index (χ0n) is 38.8. The van der Waals surface area contributed by atoms with E-state index in [4.69, 9.17) is 35.2 Å². The molecule has 2 heterocycles. The molecule has 2 aromatic carbocycles. The number of imide groups is 2. The third-order valence-corrected chi connectivity index (χ3v) is 8.59. The van der Waals surface area contributed by atoms with Crippen molar-refractivity contribution in [2.75, 3.05) is 38.6 Å². The van der Waals surface area contributed by atoms with Gasteiger partial charge in [-0.3, -0.25) is 25.6 Å². The van der Waals surface area contributed by atoms with Crippen LogP contribution >= 0.6 is 0 Å². The first-order chi connectivity index (χ1) is 30.8. The summed E-state index contributed by atoms with van der Waals surface area (Å²) in [7, 11) is 3.21. The second kappa shape index (κ2) is 28.0. The number of nitrogens with one attached hydrogen (secondary N) is 3. The van der Waals surface area contributed by atoms with Crippen molar-refractivity contribution in [1.29, 1.82) is 10.5 Å². The first-order valence-corrected chi connectivity index (χ1v) is 20.3. The Morgan fingerprint density at radius 2 is 1.14 bits per heavy atom. The van der Waals surface area contributed by atoms with Gasteiger partial charge in [-0.05, 0) is 112 Å². The van der Waals surface area contributed by atoms with Crippen LogP contribution in [0.3, 0.4) is 0 Å². The number of nitrogen functional groups attached to an aromatic ring is 1. The lowest BCUT2D eigenvalue weighted by atomic mass is 10.0. The Balaban J connectivity index is 0.000000561. The SMILES string of the molecule is C.CCOC(=O)NC(=O)/C(C#N)=N\Nc1cc(C)c(Oc2cnc(OC)c(C(C)C)c2)c(C)c1.CCOC(=O)NC(=O)CC#N.COc1ncc(Oc2c(C)cc(N)cc2C)cc1C(C)C. The normalized spacial score (nSPS) is 10.2. The second-order valence-corrected chi connectivity index (χ2v) is 14.4. The van der Waals surface area contributed by atoms with Crippen LogP contribution < -0.4 is 40.7 Å². The van der Waals surface area contributed by atoms with Crippen LogP contribution in [0.15, 0.2) is 53.9 Å². The number of rotatable bonds is 14. The summed E-state index contributed by atoms with van der Waals surface area (Å²) < 4.78 is 31.7. The van der Waals surface area contributed by atoms with Gasteiger partial charge in [0.15, 0.2) is 0 Å². The van der Waals surface area contributed by atoms with E-state index in [1.165, 1.54) is 0 Å². The van der Waals surface area contributed by atoms with E-state index in [1.54, 1.807) is 64.7 Å². The highest BCUT2D eigenvalue weighted by Crippen LogP contribution is 2.36. The number of benzene rings is 2. The number of nitrogens with zero attached hydrogens (tertiary/aromatic N) is 5. The standard InChI is InChI=1S/C23H27N5O5.C17H22N2O2.C6H8N2O3.CH4/c1-7-32-23(30)26-21(29)19(11-24)28-27-16-8-14(4)20(15(5)9-16)33-17-10-18(13(2)3)22(31-6)25-12-17;1-10(2)15-8-14(9-19-17(15)20-5)21-16-11(3)6-13(18)7-12(16)4;1-2-11-6(10)8-5(9)3-4-7;/h8-10,12-13,27H,7H2,1-6H3,(H,26,29,30);6-10H,18H2,1-5H3;2-3H2,1H3,(H,8,9,10);1H4/b28-19-;;;. The van der Waals surface area contributed by atoms with Crippen molar-refractivity contribution >= 4 is 41.1 Å². The number of methoxy groups -OCH3 is 2. The van der Waals surface area contributed by atoms with E-state index in [0.29, 0.717) is 40.6 Å². The summed E-state index contributed by atoms with van der Waals surface area (Å²) in [6.07, 6.45) is 1.18. The minimum atomic E-state index is -0.968. The lowest BCUT2D eigenvalue weighted by Gasteiger charge is -2.16. The van der Waals surface area contributed by atoms with Crippen molar-refractivity contribution in [3.8, 4) is 46.9 Å². The van der Waals surface area contributed by atoms with Crippen LogP contribution in [0.2, 0.25) is 0 Å². The molecule has 4 rings (SSSR count). The van der Waals surface area contributed by atoms with Crippen LogP contribution in [0, 0.1) is 50.4 Å². The number of alkyl carbamates (subject to hydrolysis) is 2. The Bertz CT molecular complexity index is 2380. The number of amides is 4. The quantitative estimate of drug-likeness (QED) is 0.0521. The van der Waals surface area contributed by atoms with Crippen molar-refractivity contribution in [1.82, 2.24) is 20.6 Å². The Morgan fingerprint density at radius 1 is 0.712 bits per heavy atom. The summed E-state index contributed by atoms with van der Waals surface area (Å²) in [5.74, 6) is 2.85. The molecule has 0 fully saturated rings. The van der Waals surface area contributed by atoms with Crippen molar-refractivity contribution in [3.05, 3.63) is 82.2 Å². The van der Waals surface area contributed by atoms with E-state index in [0.717, 1.165) is 44.8 Å². The highest BCUT2D eigenvalue weighted by atomic mass is 16.6. The average molecular weight is 912 g/mol. The van der Waals surface area contributed by atoms with E-state index in [1.807, 2.05) is 76.4 Å². The number of pyridine rings is 2. The van der Waals surface area contributed by atoms with E-state index in [9.17, 15) is 19.2 Å². The largest absolute Gasteiger partial charge is 0.481 e. The number of nitrogens with two attached hydrogens (primary N) is 1. The van der Waals surface area contributed by atoms with Crippen LogP contribution in [0.25, 0.3) is 0 Å². The zero-order chi connectivity index (χ0) is 48.8. The van der Waals surface area contributed by atoms with E-state index in [2.05, 4.69) is 43.8 Å². The van der Waals surface area contributed by atoms with Crippen molar-refractivity contribution in [2.45, 2.75) is 94.9 Å². The summed E-state index contributed by atoms with van der Waals surface area (Å²) >= 11 is 0. The molecule has 0 aliphatic carbocycles. The third-order valence-electron chi connectivity index (χ3n) is 8.59. The van der Waals surface area contributed by atoms with Gasteiger partial charge in [0.2, 0.25) is 23.4 Å². The second-order valence-electron chi connectivity index (χ2n) is 14.4. The van der Waals surface area contributed by atoms with Crippen molar-refractivity contribution < 1.29 is 47.6 Å². The van der Waals surface area contributed by atoms with Crippen molar-refractivity contribution in [2.24, 2.45) is 5.10 Å². The lowest BCUT2D eigenvalue weighted by Crippen LogP contribution is -2.36. The molecule has 0 saturated carbocycles. The van der Waals surface area contributed by atoms with Gasteiger partial charge < -0.3 is 34.2 Å². The van der Waals surface area contributed by atoms with Gasteiger partial charge >= 0.3 is 12.2 Å². The monoisotopic (exact) mass is 911 g/mol. The number of anilines is 2. The van der Waals surface area contributed by atoms with Gasteiger partial charge in [-0.15, -0.1) is 0 Å². The first-order valence-electron chi connectivity index (χ1n) is 20.3. The molecule has 0 unspecified atom stereocenters. The number of nitriles is 2. The van der Waals surface area contributed by atoms with Gasteiger partial charge in [0.25, 0.3) is 5.91 Å². The summed E-state index contributed by atoms with van der Waals surface area (Å²) in [5.41, 5.74) is 14.8. The highest BCUT2D eigenvalue weighted by molar-refractivity contribution is 6.46. The molecule has 0 atom stereocenters. The molecule has 4 aromatic rings. The topological polar surface area (TPSA) is 271 Å². The zero-order valence-corrected chi connectivity index (χ0v) is 38.8. The number of hydrazone groups is 1. The molecule has 19 heteroatoms. The van der Waals surface area contributed by atoms with Crippen LogP contribution in [0.5, 0.6) is 34.8 Å². The number of ether oxygens (including phenoxy) is 6. The molecule has 4 amide bonds. The maximum absolute atomic E-state index is 12.0. The maximum atomic E-state index is 12.0. The molecule has 0 saturated heterocycles. The molecule has 2 aromatic heterocycles. The summed E-state index contributed by atoms with van der Waals surface area (Å²) in [6.45, 7) is 19.5. The molecule has 5 N–H and O–H groups in total. The molecular formula is C47H61N9O10. The first kappa shape index (κ1) is 56.1. The maximum Gasteiger partial charge on any atom is 0.414 e.